The Balaban J connectivity index is 0.00000288. The van der Waals surface area contributed by atoms with Crippen LogP contribution in [-0.4, -0.2) is 14.6 Å². The standard InChI is InChI=1S/C15H12I3NO4.Na/c16-11-6-10(23-13-4-2-9(20)5-12(13)17)3-1-8(11)7-15(18,19)14(21)22;/h1-6,20H,7,19H2,(H,21,22);/q;+1/p-1/t15-;/m1./s1. The van der Waals surface area contributed by atoms with Crippen LogP contribution in [0, 0.1) is 7.14 Å². The van der Waals surface area contributed by atoms with Crippen molar-refractivity contribution < 1.29 is 49.3 Å². The van der Waals surface area contributed by atoms with Gasteiger partial charge in [0.25, 0.3) is 0 Å². The molecule has 9 heteroatoms. The van der Waals surface area contributed by atoms with Crippen molar-refractivity contribution in [1.82, 2.24) is 0 Å². The molecule has 0 radical (unpaired) electrons. The number of carbonyl (C=O) groups is 1. The Kier molecular flexibility index (Phi) is 9.04. The van der Waals surface area contributed by atoms with Gasteiger partial charge in [-0.25, -0.2) is 4.79 Å². The zero-order valence-corrected chi connectivity index (χ0v) is 21.0. The number of carboxylic acid groups (broad SMARTS) is 1. The van der Waals surface area contributed by atoms with Gasteiger partial charge in [-0.2, -0.15) is 0 Å². The van der Waals surface area contributed by atoms with E-state index in [1.807, 2.05) is 28.7 Å². The normalized spacial score (nSPS) is 12.8. The molecule has 2 aromatic rings. The summed E-state index contributed by atoms with van der Waals surface area (Å²) in [5, 5.41) is 20.4. The summed E-state index contributed by atoms with van der Waals surface area (Å²) in [7, 11) is 0. The molecule has 0 unspecified atom stereocenters. The van der Waals surface area contributed by atoms with Crippen molar-refractivity contribution in [2.45, 2.75) is 9.97 Å². The maximum absolute atomic E-state index is 11.3. The predicted octanol–water partition coefficient (Wildman–Crippen LogP) is 0.483. The fourth-order valence-corrected chi connectivity index (χ4v) is 3.46. The van der Waals surface area contributed by atoms with E-state index in [1.54, 1.807) is 40.8 Å². The molecular formula is C15H11I3NNaO4. The maximum Gasteiger partial charge on any atom is 1.00 e. The van der Waals surface area contributed by atoms with Crippen molar-refractivity contribution in [3.63, 3.8) is 0 Å². The third-order valence-corrected chi connectivity index (χ3v) is 5.65. The molecule has 122 valence electrons. The van der Waals surface area contributed by atoms with Crippen LogP contribution in [0.1, 0.15) is 5.56 Å². The van der Waals surface area contributed by atoms with Gasteiger partial charge >= 0.3 is 35.5 Å². The van der Waals surface area contributed by atoms with Crippen LogP contribution in [0.3, 0.4) is 0 Å². The maximum atomic E-state index is 11.3. The Labute approximate surface area is 202 Å². The monoisotopic (exact) mass is 673 g/mol. The number of benzene rings is 2. The van der Waals surface area contributed by atoms with Gasteiger partial charge in [-0.1, -0.05) is 18.2 Å². The predicted molar refractivity (Wildman–Crippen MR) is 110 cm³/mol. The molecule has 2 aromatic carbocycles. The number of ether oxygens (including phenoxy) is 1. The first-order chi connectivity index (χ1) is 10.7. The van der Waals surface area contributed by atoms with E-state index in [0.29, 0.717) is 11.5 Å². The van der Waals surface area contributed by atoms with Crippen molar-refractivity contribution in [2.75, 3.05) is 0 Å². The molecule has 0 heterocycles. The second-order valence-electron chi connectivity index (χ2n) is 4.79. The van der Waals surface area contributed by atoms with Gasteiger partial charge in [0, 0.05) is 9.99 Å². The Bertz CT molecular complexity index is 755. The quantitative estimate of drug-likeness (QED) is 0.209. The Hall–Kier alpha value is 0.660. The molecule has 1 atom stereocenters. The number of rotatable bonds is 5. The molecule has 24 heavy (non-hydrogen) atoms. The van der Waals surface area contributed by atoms with Crippen LogP contribution < -0.4 is 45.1 Å². The average Bonchev–Trinajstić information content (AvgIpc) is 2.44. The molecule has 0 aliphatic rings. The molecule has 0 fully saturated rings. The number of carboxylic acids is 1. The average molecular weight is 673 g/mol. The van der Waals surface area contributed by atoms with Crippen LogP contribution in [0.2, 0.25) is 0 Å². The molecule has 0 amide bonds. The fraction of sp³-hybridized carbons (Fsp3) is 0.133. The van der Waals surface area contributed by atoms with Gasteiger partial charge in [-0.3, -0.25) is 0 Å². The number of aliphatic carboxylic acids is 1. The van der Waals surface area contributed by atoms with Crippen LogP contribution in [0.5, 0.6) is 17.2 Å². The van der Waals surface area contributed by atoms with Crippen molar-refractivity contribution >= 4 is 73.7 Å². The number of alkyl halides is 1. The van der Waals surface area contributed by atoms with E-state index in [1.165, 1.54) is 12.1 Å². The first-order valence-corrected chi connectivity index (χ1v) is 9.57. The molecule has 0 spiro atoms. The van der Waals surface area contributed by atoms with Gasteiger partial charge in [0.2, 0.25) is 0 Å². The molecule has 0 aliphatic carbocycles. The second-order valence-corrected chi connectivity index (χ2v) is 9.04. The van der Waals surface area contributed by atoms with Gasteiger partial charge in [0.15, 0.2) is 3.55 Å². The van der Waals surface area contributed by atoms with E-state index < -0.39 is 9.51 Å². The Morgan fingerprint density at radius 2 is 1.88 bits per heavy atom. The minimum Gasteiger partial charge on any atom is -0.872 e. The summed E-state index contributed by atoms with van der Waals surface area (Å²) in [6.45, 7) is 0. The first kappa shape index (κ1) is 22.7. The van der Waals surface area contributed by atoms with Crippen LogP contribution in [0.4, 0.5) is 0 Å². The Morgan fingerprint density at radius 1 is 1.21 bits per heavy atom. The summed E-state index contributed by atoms with van der Waals surface area (Å²) in [5.41, 5.74) is 6.61. The van der Waals surface area contributed by atoms with Gasteiger partial charge in [-0.05, 0) is 91.5 Å². The Morgan fingerprint density at radius 3 is 2.42 bits per heavy atom. The minimum absolute atomic E-state index is 0. The summed E-state index contributed by atoms with van der Waals surface area (Å²) in [5.74, 6) is 0.0885. The summed E-state index contributed by atoms with van der Waals surface area (Å²) < 4.78 is 6.02. The minimum atomic E-state index is -1.35. The third-order valence-electron chi connectivity index (χ3n) is 2.96. The molecule has 2 rings (SSSR count). The summed E-state index contributed by atoms with van der Waals surface area (Å²) in [4.78, 5) is 11.1. The smallest absolute Gasteiger partial charge is 0.872 e. The second kappa shape index (κ2) is 9.55. The summed E-state index contributed by atoms with van der Waals surface area (Å²) in [6, 6.07) is 9.95. The zero-order chi connectivity index (χ0) is 17.2. The van der Waals surface area contributed by atoms with E-state index in [0.717, 1.165) is 12.7 Å². The SMILES string of the molecule is N[C@](I)(Cc1ccc(Oc2ccc([O-])cc2I)cc1I)C(=O)O.[Na+]. The molecular weight excluding hydrogens is 662 g/mol. The molecule has 0 aromatic heterocycles. The van der Waals surface area contributed by atoms with Crippen LogP contribution in [0.15, 0.2) is 36.4 Å². The molecule has 0 aliphatic heterocycles. The van der Waals surface area contributed by atoms with E-state index in [-0.39, 0.29) is 41.7 Å². The van der Waals surface area contributed by atoms with Gasteiger partial charge < -0.3 is 20.7 Å². The zero-order valence-electron chi connectivity index (χ0n) is 12.6. The number of hydrogen-bond donors (Lipinski definition) is 2. The molecule has 3 N–H and O–H groups in total. The van der Waals surface area contributed by atoms with Crippen molar-refractivity contribution in [3.8, 4) is 17.2 Å². The largest absolute Gasteiger partial charge is 1.00 e. The van der Waals surface area contributed by atoms with Gasteiger partial charge in [0.05, 0.1) is 3.57 Å². The molecule has 0 bridgehead atoms. The molecule has 5 nitrogen and oxygen atoms in total. The van der Waals surface area contributed by atoms with Crippen molar-refractivity contribution in [2.24, 2.45) is 5.73 Å². The number of nitrogens with two attached hydrogens (primary N) is 1. The first-order valence-electron chi connectivity index (χ1n) is 6.33. The fourth-order valence-electron chi connectivity index (χ4n) is 1.78. The van der Waals surface area contributed by atoms with Crippen LogP contribution in [0.25, 0.3) is 0 Å². The van der Waals surface area contributed by atoms with E-state index >= 15 is 0 Å². The summed E-state index contributed by atoms with van der Waals surface area (Å²) >= 11 is 5.90. The molecule has 0 saturated heterocycles. The van der Waals surface area contributed by atoms with Crippen molar-refractivity contribution in [3.05, 3.63) is 49.1 Å². The van der Waals surface area contributed by atoms with E-state index in [2.05, 4.69) is 22.6 Å². The van der Waals surface area contributed by atoms with Gasteiger partial charge in [0.1, 0.15) is 11.5 Å². The van der Waals surface area contributed by atoms with Crippen LogP contribution >= 0.6 is 67.8 Å². The van der Waals surface area contributed by atoms with E-state index in [4.69, 9.17) is 15.6 Å². The van der Waals surface area contributed by atoms with Gasteiger partial charge in [-0.15, -0.1) is 5.75 Å². The summed E-state index contributed by atoms with van der Waals surface area (Å²) in [6.07, 6.45) is 0.212. The third kappa shape index (κ3) is 6.13. The molecule has 0 saturated carbocycles. The number of hydrogen-bond acceptors (Lipinski definition) is 4. The van der Waals surface area contributed by atoms with Crippen molar-refractivity contribution in [1.29, 1.82) is 0 Å². The van der Waals surface area contributed by atoms with E-state index in [9.17, 15) is 9.90 Å². The van der Waals surface area contributed by atoms with Crippen LogP contribution in [-0.2, 0) is 11.2 Å². The number of halogens is 3. The topological polar surface area (TPSA) is 95.6 Å².